The van der Waals surface area contributed by atoms with Crippen LogP contribution in [0.15, 0.2) is 18.2 Å². The Hall–Kier alpha value is -3.96. The van der Waals surface area contributed by atoms with Crippen LogP contribution in [0.25, 0.3) is 0 Å². The molecule has 3 aliphatic rings. The molecule has 0 radical (unpaired) electrons. The van der Waals surface area contributed by atoms with Crippen molar-refractivity contribution in [2.75, 3.05) is 26.9 Å². The second-order valence-electron chi connectivity index (χ2n) is 11.9. The molecule has 15 nitrogen and oxygen atoms in total. The van der Waals surface area contributed by atoms with Gasteiger partial charge in [-0.05, 0) is 26.8 Å². The van der Waals surface area contributed by atoms with Gasteiger partial charge in [-0.15, -0.1) is 0 Å². The zero-order chi connectivity index (χ0) is 35.1. The lowest BCUT2D eigenvalue weighted by atomic mass is 9.72. The van der Waals surface area contributed by atoms with Crippen LogP contribution in [0.4, 0.5) is 0 Å². The average Bonchev–Trinajstić information content (AvgIpc) is 3.05. The Bertz CT molecular complexity index is 1610. The summed E-state index contributed by atoms with van der Waals surface area (Å²) >= 11 is 0. The molecule has 6 atom stereocenters. The number of esters is 1. The number of aliphatic hydroxyl groups excluding tert-OH is 1. The normalized spacial score (nSPS) is 26.5. The summed E-state index contributed by atoms with van der Waals surface area (Å²) in [5, 5.41) is 45.4. The highest BCUT2D eigenvalue weighted by atomic mass is 16.7. The molecule has 0 unspecified atom stereocenters. The van der Waals surface area contributed by atoms with Gasteiger partial charge in [0, 0.05) is 55.2 Å². The van der Waals surface area contributed by atoms with Crippen molar-refractivity contribution in [3.05, 3.63) is 51.6 Å². The molecule has 15 heteroatoms. The summed E-state index contributed by atoms with van der Waals surface area (Å²) in [7, 11) is 1.31. The number of hydrogen-bond donors (Lipinski definition) is 5. The standard InChI is InChI=1S/C33H39NO14/c1-5-44-32(45-6-2)31(41)46-13-20(35)33(42)11-16-23(19(12-33)48-21-10-17(34)26(36)14(3)47-21)30(40)25-24(28(16)38)27(37)15-8-7-9-18(43-4)22(15)29(25)39/h7-9,14,17,19,21,26,32,36,38,40,42H,5-6,10-13,34H2,1-4H3/t14-,17-,19-,21+,26+,33+/m0/s1. The van der Waals surface area contributed by atoms with E-state index in [1.807, 2.05) is 0 Å². The number of ether oxygens (including phenoxy) is 6. The molecule has 2 aromatic carbocycles. The summed E-state index contributed by atoms with van der Waals surface area (Å²) < 4.78 is 32.7. The van der Waals surface area contributed by atoms with Gasteiger partial charge in [0.2, 0.25) is 11.6 Å². The Morgan fingerprint density at radius 3 is 2.35 bits per heavy atom. The number of phenolic OH excluding ortho intramolecular Hbond substituents is 2. The van der Waals surface area contributed by atoms with Gasteiger partial charge in [0.1, 0.15) is 22.8 Å². The van der Waals surface area contributed by atoms with E-state index in [0.29, 0.717) is 0 Å². The molecule has 0 bridgehead atoms. The fourth-order valence-electron chi connectivity index (χ4n) is 6.43. The summed E-state index contributed by atoms with van der Waals surface area (Å²) in [5.74, 6) is -5.00. The number of benzene rings is 2. The zero-order valence-electron chi connectivity index (χ0n) is 26.9. The van der Waals surface area contributed by atoms with E-state index < -0.39 is 108 Å². The quantitative estimate of drug-likeness (QED) is 0.108. The molecule has 6 N–H and O–H groups in total. The summed E-state index contributed by atoms with van der Waals surface area (Å²) in [4.78, 5) is 53.7. The van der Waals surface area contributed by atoms with Crippen molar-refractivity contribution in [3.63, 3.8) is 0 Å². The Kier molecular flexibility index (Phi) is 10.2. The van der Waals surface area contributed by atoms with Crippen molar-refractivity contribution in [3.8, 4) is 17.2 Å². The van der Waals surface area contributed by atoms with E-state index >= 15 is 0 Å². The molecule has 2 aliphatic carbocycles. The number of methoxy groups -OCH3 is 1. The lowest BCUT2D eigenvalue weighted by Gasteiger charge is -2.42. The number of rotatable bonds is 11. The fourth-order valence-corrected chi connectivity index (χ4v) is 6.43. The zero-order valence-corrected chi connectivity index (χ0v) is 26.9. The van der Waals surface area contributed by atoms with Crippen LogP contribution in [0.5, 0.6) is 17.2 Å². The second-order valence-corrected chi connectivity index (χ2v) is 11.9. The first-order valence-electron chi connectivity index (χ1n) is 15.5. The highest BCUT2D eigenvalue weighted by Gasteiger charge is 2.50. The van der Waals surface area contributed by atoms with Gasteiger partial charge in [-0.3, -0.25) is 14.4 Å². The van der Waals surface area contributed by atoms with Crippen LogP contribution in [0, 0.1) is 0 Å². The maximum absolute atomic E-state index is 13.9. The van der Waals surface area contributed by atoms with E-state index in [9.17, 15) is 39.6 Å². The van der Waals surface area contributed by atoms with Crippen LogP contribution in [-0.2, 0) is 39.7 Å². The van der Waals surface area contributed by atoms with Gasteiger partial charge >= 0.3 is 5.97 Å². The number of phenols is 2. The molecule has 0 amide bonds. The Morgan fingerprint density at radius 1 is 1.06 bits per heavy atom. The molecular formula is C33H39NO14. The van der Waals surface area contributed by atoms with Crippen LogP contribution in [0.3, 0.4) is 0 Å². The van der Waals surface area contributed by atoms with Gasteiger partial charge in [-0.1, -0.05) is 12.1 Å². The number of nitrogens with two attached hydrogens (primary N) is 1. The minimum Gasteiger partial charge on any atom is -0.507 e. The van der Waals surface area contributed by atoms with Crippen LogP contribution >= 0.6 is 0 Å². The Morgan fingerprint density at radius 2 is 1.73 bits per heavy atom. The number of hydrogen-bond acceptors (Lipinski definition) is 15. The lowest BCUT2D eigenvalue weighted by molar-refractivity contribution is -0.247. The molecule has 2 aromatic rings. The number of ketones is 3. The monoisotopic (exact) mass is 673 g/mol. The molecule has 0 spiro atoms. The Balaban J connectivity index is 1.57. The van der Waals surface area contributed by atoms with Gasteiger partial charge in [-0.25, -0.2) is 4.79 Å². The maximum atomic E-state index is 13.9. The van der Waals surface area contributed by atoms with Crippen LogP contribution in [0.2, 0.25) is 0 Å². The molecule has 1 fully saturated rings. The van der Waals surface area contributed by atoms with Gasteiger partial charge in [0.05, 0.1) is 42.1 Å². The third kappa shape index (κ3) is 6.18. The third-order valence-corrected chi connectivity index (χ3v) is 8.84. The SMILES string of the molecule is CCOC(OCC)C(=O)OCC(=O)[C@@]1(O)Cc2c(O)c3c(c(O)c2[C@@H](O[C@@H]2C[C@H](N)[C@H](O)[C@H](C)O2)C1)C(=O)c1c(OC)cccc1C3=O. The first-order valence-corrected chi connectivity index (χ1v) is 15.5. The average molecular weight is 674 g/mol. The molecule has 1 saturated heterocycles. The second kappa shape index (κ2) is 13.9. The van der Waals surface area contributed by atoms with Gasteiger partial charge < -0.3 is 54.6 Å². The Labute approximate surface area is 275 Å². The predicted octanol–water partition coefficient (Wildman–Crippen LogP) is 0.951. The van der Waals surface area contributed by atoms with E-state index in [4.69, 9.17) is 34.2 Å². The molecule has 0 aromatic heterocycles. The molecule has 0 saturated carbocycles. The largest absolute Gasteiger partial charge is 0.507 e. The van der Waals surface area contributed by atoms with E-state index in [-0.39, 0.29) is 47.6 Å². The number of aliphatic hydroxyl groups is 2. The maximum Gasteiger partial charge on any atom is 0.363 e. The topological polar surface area (TPSA) is 231 Å². The highest BCUT2D eigenvalue weighted by Crippen LogP contribution is 2.52. The van der Waals surface area contributed by atoms with Crippen molar-refractivity contribution >= 4 is 23.3 Å². The van der Waals surface area contributed by atoms with Crippen LogP contribution < -0.4 is 10.5 Å². The molecule has 1 heterocycles. The number of carbonyl (C=O) groups is 4. The minimum absolute atomic E-state index is 0.0305. The first-order chi connectivity index (χ1) is 22.8. The third-order valence-electron chi connectivity index (χ3n) is 8.84. The van der Waals surface area contributed by atoms with Crippen molar-refractivity contribution in [1.82, 2.24) is 0 Å². The molecule has 48 heavy (non-hydrogen) atoms. The van der Waals surface area contributed by atoms with Crippen molar-refractivity contribution in [2.24, 2.45) is 5.73 Å². The molecule has 5 rings (SSSR count). The van der Waals surface area contributed by atoms with E-state index in [0.717, 1.165) is 0 Å². The summed E-state index contributed by atoms with van der Waals surface area (Å²) in [6, 6.07) is 3.55. The van der Waals surface area contributed by atoms with E-state index in [1.54, 1.807) is 20.8 Å². The molecule has 260 valence electrons. The number of Topliss-reactive ketones (excluding diaryl/α,β-unsaturated/α-hetero) is 1. The molecule has 1 aliphatic heterocycles. The number of carbonyl (C=O) groups excluding carboxylic acids is 4. The van der Waals surface area contributed by atoms with Gasteiger partial charge in [0.25, 0.3) is 6.29 Å². The summed E-state index contributed by atoms with van der Waals surface area (Å²) in [5.41, 5.74) is 2.06. The van der Waals surface area contributed by atoms with E-state index in [1.165, 1.54) is 25.3 Å². The smallest absolute Gasteiger partial charge is 0.363 e. The first kappa shape index (κ1) is 35.3. The van der Waals surface area contributed by atoms with Gasteiger partial charge in [0.15, 0.2) is 18.7 Å². The van der Waals surface area contributed by atoms with Crippen LogP contribution in [0.1, 0.15) is 82.7 Å². The summed E-state index contributed by atoms with van der Waals surface area (Å²) in [6.07, 6.45) is -7.01. The lowest BCUT2D eigenvalue weighted by Crippen LogP contribution is -2.53. The number of aromatic hydroxyl groups is 2. The predicted molar refractivity (Wildman–Crippen MR) is 163 cm³/mol. The van der Waals surface area contributed by atoms with Gasteiger partial charge in [-0.2, -0.15) is 0 Å². The van der Waals surface area contributed by atoms with E-state index in [2.05, 4.69) is 0 Å². The van der Waals surface area contributed by atoms with Crippen molar-refractivity contribution < 1.29 is 68.0 Å². The number of fused-ring (bicyclic) bond motifs is 3. The highest BCUT2D eigenvalue weighted by molar-refractivity contribution is 6.31. The summed E-state index contributed by atoms with van der Waals surface area (Å²) in [6.45, 7) is 4.12. The van der Waals surface area contributed by atoms with Crippen molar-refractivity contribution in [1.29, 1.82) is 0 Å². The van der Waals surface area contributed by atoms with Crippen LogP contribution in [-0.4, -0.2) is 107 Å². The minimum atomic E-state index is -2.38. The fraction of sp³-hybridized carbons (Fsp3) is 0.515. The van der Waals surface area contributed by atoms with Crippen molar-refractivity contribution in [2.45, 2.75) is 82.6 Å². The molecular weight excluding hydrogens is 634 g/mol.